The Morgan fingerprint density at radius 1 is 1.03 bits per heavy atom. The molecule has 6 rings (SSSR count). The predicted molar refractivity (Wildman–Crippen MR) is 126 cm³/mol. The highest BCUT2D eigenvalue weighted by Crippen LogP contribution is 2.32. The molecule has 1 fully saturated rings. The van der Waals surface area contributed by atoms with Gasteiger partial charge in [-0.25, -0.2) is 4.98 Å². The van der Waals surface area contributed by atoms with Crippen LogP contribution in [0.15, 0.2) is 52.9 Å². The lowest BCUT2D eigenvalue weighted by molar-refractivity contribution is 0.201. The highest BCUT2D eigenvalue weighted by atomic mass is 32.1. The van der Waals surface area contributed by atoms with Gasteiger partial charge in [0.15, 0.2) is 10.8 Å². The van der Waals surface area contributed by atoms with Gasteiger partial charge in [0.1, 0.15) is 0 Å². The van der Waals surface area contributed by atoms with Crippen LogP contribution in [0, 0.1) is 0 Å². The van der Waals surface area contributed by atoms with E-state index in [0.29, 0.717) is 17.8 Å². The first-order chi connectivity index (χ1) is 15.8. The SMILES string of the molecule is O=c1c2ccccc2ncn1CCN1CCC(c2nnc3sc(-c4cccs4)nn23)CC1. The normalized spacial score (nSPS) is 15.8. The molecule has 162 valence electrons. The minimum Gasteiger partial charge on any atom is -0.302 e. The number of hydrogen-bond acceptors (Lipinski definition) is 8. The van der Waals surface area contributed by atoms with Gasteiger partial charge in [-0.15, -0.1) is 21.5 Å². The van der Waals surface area contributed by atoms with E-state index in [0.717, 1.165) is 53.8 Å². The van der Waals surface area contributed by atoms with Crippen molar-refractivity contribution in [2.45, 2.75) is 25.3 Å². The van der Waals surface area contributed by atoms with Crippen LogP contribution in [0.2, 0.25) is 0 Å². The van der Waals surface area contributed by atoms with Gasteiger partial charge in [-0.3, -0.25) is 9.36 Å². The Bertz CT molecular complexity index is 1430. The molecule has 5 aromatic rings. The third kappa shape index (κ3) is 3.54. The van der Waals surface area contributed by atoms with Crippen molar-refractivity contribution in [1.82, 2.24) is 34.3 Å². The number of hydrogen-bond donors (Lipinski definition) is 0. The monoisotopic (exact) mass is 463 g/mol. The third-order valence-electron chi connectivity index (χ3n) is 6.09. The van der Waals surface area contributed by atoms with E-state index in [1.54, 1.807) is 33.6 Å². The molecule has 1 aliphatic rings. The lowest BCUT2D eigenvalue weighted by atomic mass is 9.96. The Kier molecular flexibility index (Phi) is 5.05. The topological polar surface area (TPSA) is 81.2 Å². The van der Waals surface area contributed by atoms with E-state index in [9.17, 15) is 4.79 Å². The molecule has 0 N–H and O–H groups in total. The second kappa shape index (κ2) is 8.19. The van der Waals surface area contributed by atoms with Crippen molar-refractivity contribution in [2.24, 2.45) is 0 Å². The maximum absolute atomic E-state index is 12.7. The lowest BCUT2D eigenvalue weighted by Gasteiger charge is -2.30. The Hall–Kier alpha value is -2.95. The zero-order valence-corrected chi connectivity index (χ0v) is 18.9. The van der Waals surface area contributed by atoms with Crippen molar-refractivity contribution in [2.75, 3.05) is 19.6 Å². The van der Waals surface area contributed by atoms with Gasteiger partial charge in [0.05, 0.1) is 22.1 Å². The first-order valence-electron chi connectivity index (χ1n) is 10.7. The molecule has 1 aromatic carbocycles. The summed E-state index contributed by atoms with van der Waals surface area (Å²) in [5.41, 5.74) is 0.778. The summed E-state index contributed by atoms with van der Waals surface area (Å²) in [6.45, 7) is 3.42. The maximum atomic E-state index is 12.7. The summed E-state index contributed by atoms with van der Waals surface area (Å²) < 4.78 is 3.65. The summed E-state index contributed by atoms with van der Waals surface area (Å²) in [4.78, 5) is 21.6. The number of aromatic nitrogens is 6. The fourth-order valence-electron chi connectivity index (χ4n) is 4.32. The highest BCUT2D eigenvalue weighted by molar-refractivity contribution is 7.23. The van der Waals surface area contributed by atoms with Crippen LogP contribution in [0.1, 0.15) is 24.6 Å². The summed E-state index contributed by atoms with van der Waals surface area (Å²) in [5, 5.41) is 17.3. The van der Waals surface area contributed by atoms with Crippen LogP contribution >= 0.6 is 22.7 Å². The van der Waals surface area contributed by atoms with Crippen LogP contribution < -0.4 is 5.56 Å². The molecule has 32 heavy (non-hydrogen) atoms. The smallest absolute Gasteiger partial charge is 0.261 e. The van der Waals surface area contributed by atoms with Crippen LogP contribution in [-0.4, -0.2) is 53.9 Å². The molecule has 8 nitrogen and oxygen atoms in total. The number of fused-ring (bicyclic) bond motifs is 2. The first kappa shape index (κ1) is 19.7. The van der Waals surface area contributed by atoms with Gasteiger partial charge in [0.2, 0.25) is 4.96 Å². The number of rotatable bonds is 5. The lowest BCUT2D eigenvalue weighted by Crippen LogP contribution is -2.37. The molecular weight excluding hydrogens is 442 g/mol. The number of likely N-dealkylation sites (tertiary alicyclic amines) is 1. The predicted octanol–water partition coefficient (Wildman–Crippen LogP) is 3.50. The number of thiophene rings is 1. The summed E-state index contributed by atoms with van der Waals surface area (Å²) >= 11 is 3.28. The molecule has 4 aromatic heterocycles. The van der Waals surface area contributed by atoms with Gasteiger partial charge >= 0.3 is 0 Å². The molecule has 0 amide bonds. The van der Waals surface area contributed by atoms with Gasteiger partial charge in [-0.05, 0) is 49.5 Å². The standard InChI is InChI=1S/C22H21N7OS2/c30-21-16-4-1-2-5-17(16)23-14-28(21)12-11-27-9-7-15(8-10-27)19-24-25-22-29(19)26-20(32-22)18-6-3-13-31-18/h1-6,13-15H,7-12H2. The maximum Gasteiger partial charge on any atom is 0.261 e. The van der Waals surface area contributed by atoms with Crippen LogP contribution in [0.5, 0.6) is 0 Å². The second-order valence-electron chi connectivity index (χ2n) is 8.01. The van der Waals surface area contributed by atoms with E-state index < -0.39 is 0 Å². The average molecular weight is 464 g/mol. The van der Waals surface area contributed by atoms with Crippen molar-refractivity contribution in [3.05, 3.63) is 64.3 Å². The van der Waals surface area contributed by atoms with Gasteiger partial charge in [-0.1, -0.05) is 29.5 Å². The van der Waals surface area contributed by atoms with E-state index in [2.05, 4.69) is 31.5 Å². The number of nitrogens with zero attached hydrogens (tertiary/aromatic N) is 7. The van der Waals surface area contributed by atoms with Gasteiger partial charge in [0.25, 0.3) is 5.56 Å². The average Bonchev–Trinajstić information content (AvgIpc) is 3.57. The quantitative estimate of drug-likeness (QED) is 0.397. The molecule has 1 saturated heterocycles. The molecule has 5 heterocycles. The van der Waals surface area contributed by atoms with Crippen LogP contribution in [0.25, 0.3) is 25.7 Å². The number of piperidine rings is 1. The van der Waals surface area contributed by atoms with E-state index >= 15 is 0 Å². The van der Waals surface area contributed by atoms with Crippen molar-refractivity contribution in [3.63, 3.8) is 0 Å². The zero-order valence-electron chi connectivity index (χ0n) is 17.3. The molecule has 0 bridgehead atoms. The molecule has 1 aliphatic heterocycles. The molecule has 0 saturated carbocycles. The van der Waals surface area contributed by atoms with Gasteiger partial charge in [-0.2, -0.15) is 9.61 Å². The largest absolute Gasteiger partial charge is 0.302 e. The van der Waals surface area contributed by atoms with E-state index in [1.165, 1.54) is 4.88 Å². The summed E-state index contributed by atoms with van der Waals surface area (Å²) in [6, 6.07) is 11.6. The first-order valence-corrected chi connectivity index (χ1v) is 12.4. The fraction of sp³-hybridized carbons (Fsp3) is 0.318. The molecular formula is C22H21N7OS2. The molecule has 0 radical (unpaired) electrons. The van der Waals surface area contributed by atoms with Crippen molar-refractivity contribution in [1.29, 1.82) is 0 Å². The Morgan fingerprint density at radius 3 is 2.75 bits per heavy atom. The fourth-order valence-corrected chi connectivity index (χ4v) is 5.95. The summed E-state index contributed by atoms with van der Waals surface area (Å²) in [5.74, 6) is 1.32. The highest BCUT2D eigenvalue weighted by Gasteiger charge is 2.26. The Morgan fingerprint density at radius 2 is 1.91 bits per heavy atom. The zero-order chi connectivity index (χ0) is 21.5. The van der Waals surface area contributed by atoms with Crippen molar-refractivity contribution in [3.8, 4) is 9.88 Å². The van der Waals surface area contributed by atoms with Gasteiger partial charge in [0, 0.05) is 19.0 Å². The number of para-hydroxylation sites is 1. The van der Waals surface area contributed by atoms with Crippen molar-refractivity contribution < 1.29 is 0 Å². The minimum atomic E-state index is 0.0291. The second-order valence-corrected chi connectivity index (χ2v) is 9.92. The Labute approximate surface area is 191 Å². The number of benzene rings is 1. The van der Waals surface area contributed by atoms with E-state index in [-0.39, 0.29) is 5.56 Å². The summed E-state index contributed by atoms with van der Waals surface area (Å²) in [6.07, 6.45) is 3.69. The molecule has 0 unspecified atom stereocenters. The molecule has 0 aliphatic carbocycles. The summed E-state index contributed by atoms with van der Waals surface area (Å²) in [7, 11) is 0. The van der Waals surface area contributed by atoms with Gasteiger partial charge < -0.3 is 4.90 Å². The van der Waals surface area contributed by atoms with Crippen LogP contribution in [0.4, 0.5) is 0 Å². The molecule has 10 heteroatoms. The van der Waals surface area contributed by atoms with Crippen LogP contribution in [-0.2, 0) is 6.54 Å². The molecule has 0 atom stereocenters. The third-order valence-corrected chi connectivity index (χ3v) is 8.03. The Balaban J connectivity index is 1.12. The van der Waals surface area contributed by atoms with E-state index in [1.807, 2.05) is 34.8 Å². The van der Waals surface area contributed by atoms with Crippen LogP contribution in [0.3, 0.4) is 0 Å². The minimum absolute atomic E-state index is 0.0291. The van der Waals surface area contributed by atoms with Crippen molar-refractivity contribution >= 4 is 38.5 Å². The van der Waals surface area contributed by atoms with E-state index in [4.69, 9.17) is 5.10 Å². The molecule has 0 spiro atoms.